The molecule has 1 aromatic carbocycles. The fourth-order valence-electron chi connectivity index (χ4n) is 2.65. The zero-order chi connectivity index (χ0) is 14.9. The van der Waals surface area contributed by atoms with E-state index >= 15 is 0 Å². The molecule has 1 unspecified atom stereocenters. The smallest absolute Gasteiger partial charge is 0.161 e. The summed E-state index contributed by atoms with van der Waals surface area (Å²) in [6.45, 7) is 3.70. The highest BCUT2D eigenvalue weighted by molar-refractivity contribution is 6.20. The molecule has 0 fully saturated rings. The molecular formula is C18H27ClO2. The maximum Gasteiger partial charge on any atom is 0.161 e. The molecule has 0 aliphatic carbocycles. The lowest BCUT2D eigenvalue weighted by Crippen LogP contribution is -1.97. The molecule has 21 heavy (non-hydrogen) atoms. The molecule has 1 aliphatic heterocycles. The molecule has 0 aromatic heterocycles. The van der Waals surface area contributed by atoms with E-state index in [2.05, 4.69) is 19.1 Å². The third-order valence-electron chi connectivity index (χ3n) is 3.94. The van der Waals surface area contributed by atoms with Gasteiger partial charge in [0.15, 0.2) is 11.5 Å². The first-order chi connectivity index (χ1) is 10.3. The Kier molecular flexibility index (Phi) is 7.21. The Morgan fingerprint density at radius 1 is 1.00 bits per heavy atom. The summed E-state index contributed by atoms with van der Waals surface area (Å²) in [4.78, 5) is 0. The van der Waals surface area contributed by atoms with Crippen LogP contribution in [-0.4, -0.2) is 13.2 Å². The van der Waals surface area contributed by atoms with Gasteiger partial charge in [0.2, 0.25) is 0 Å². The fraction of sp³-hybridized carbons (Fsp3) is 0.667. The second kappa shape index (κ2) is 9.19. The predicted octanol–water partition coefficient (Wildman–Crippen LogP) is 5.88. The van der Waals surface area contributed by atoms with E-state index in [1.807, 2.05) is 6.07 Å². The van der Waals surface area contributed by atoms with Crippen LogP contribution in [0.1, 0.15) is 69.2 Å². The molecular weight excluding hydrogens is 284 g/mol. The summed E-state index contributed by atoms with van der Waals surface area (Å²) in [5.74, 6) is 1.69. The lowest BCUT2D eigenvalue weighted by atomic mass is 10.0. The average Bonchev–Trinajstić information content (AvgIpc) is 2.75. The quantitative estimate of drug-likeness (QED) is 0.441. The van der Waals surface area contributed by atoms with Crippen LogP contribution in [0, 0.1) is 0 Å². The van der Waals surface area contributed by atoms with E-state index in [1.165, 1.54) is 38.5 Å². The number of benzene rings is 1. The standard InChI is InChI=1S/C18H27ClO2/c1-2-3-4-5-6-7-9-16(19)15-10-11-17-18(14-15)21-13-8-12-20-17/h10-11,14,16H,2-9,12-13H2,1H3. The molecule has 0 saturated heterocycles. The molecule has 0 saturated carbocycles. The minimum atomic E-state index is 0.0772. The second-order valence-electron chi connectivity index (χ2n) is 5.78. The topological polar surface area (TPSA) is 18.5 Å². The van der Waals surface area contributed by atoms with Gasteiger partial charge in [-0.3, -0.25) is 0 Å². The van der Waals surface area contributed by atoms with E-state index in [-0.39, 0.29) is 5.38 Å². The van der Waals surface area contributed by atoms with Crippen molar-refractivity contribution in [1.29, 1.82) is 0 Å². The zero-order valence-electron chi connectivity index (χ0n) is 13.1. The largest absolute Gasteiger partial charge is 0.490 e. The number of alkyl halides is 1. The normalized spacial score (nSPS) is 15.5. The van der Waals surface area contributed by atoms with Crippen molar-refractivity contribution in [3.8, 4) is 11.5 Å². The number of ether oxygens (including phenoxy) is 2. The van der Waals surface area contributed by atoms with Crippen molar-refractivity contribution < 1.29 is 9.47 Å². The Balaban J connectivity index is 1.79. The van der Waals surface area contributed by atoms with Crippen molar-refractivity contribution in [3.05, 3.63) is 23.8 Å². The Hall–Kier alpha value is -0.890. The van der Waals surface area contributed by atoms with Gasteiger partial charge in [0, 0.05) is 6.42 Å². The van der Waals surface area contributed by atoms with E-state index in [1.54, 1.807) is 0 Å². The molecule has 3 heteroatoms. The summed E-state index contributed by atoms with van der Waals surface area (Å²) < 4.78 is 11.4. The second-order valence-corrected chi connectivity index (χ2v) is 6.31. The summed E-state index contributed by atoms with van der Waals surface area (Å²) in [7, 11) is 0. The Morgan fingerprint density at radius 3 is 2.52 bits per heavy atom. The van der Waals surface area contributed by atoms with E-state index in [0.29, 0.717) is 0 Å². The lowest BCUT2D eigenvalue weighted by Gasteiger charge is -2.13. The van der Waals surface area contributed by atoms with E-state index in [9.17, 15) is 0 Å². The first-order valence-corrected chi connectivity index (χ1v) is 8.78. The maximum absolute atomic E-state index is 6.53. The Labute approximate surface area is 133 Å². The molecule has 1 heterocycles. The summed E-state index contributed by atoms with van der Waals surface area (Å²) in [6, 6.07) is 6.12. The molecule has 0 bridgehead atoms. The molecule has 1 atom stereocenters. The molecule has 118 valence electrons. The van der Waals surface area contributed by atoms with Crippen LogP contribution < -0.4 is 9.47 Å². The SMILES string of the molecule is CCCCCCCCC(Cl)c1ccc2c(c1)OCCCO2. The predicted molar refractivity (Wildman–Crippen MR) is 88.6 cm³/mol. The Morgan fingerprint density at radius 2 is 1.71 bits per heavy atom. The minimum Gasteiger partial charge on any atom is -0.490 e. The number of halogens is 1. The number of hydrogen-bond donors (Lipinski definition) is 0. The van der Waals surface area contributed by atoms with Crippen LogP contribution >= 0.6 is 11.6 Å². The molecule has 2 nitrogen and oxygen atoms in total. The molecule has 2 rings (SSSR count). The van der Waals surface area contributed by atoms with Crippen LogP contribution in [0.25, 0.3) is 0 Å². The van der Waals surface area contributed by atoms with Crippen LogP contribution in [0.5, 0.6) is 11.5 Å². The Bertz CT molecular complexity index is 420. The number of fused-ring (bicyclic) bond motifs is 1. The van der Waals surface area contributed by atoms with Gasteiger partial charge in [-0.25, -0.2) is 0 Å². The minimum absolute atomic E-state index is 0.0772. The van der Waals surface area contributed by atoms with Crippen molar-refractivity contribution >= 4 is 11.6 Å². The number of hydrogen-bond acceptors (Lipinski definition) is 2. The van der Waals surface area contributed by atoms with Crippen LogP contribution in [0.4, 0.5) is 0 Å². The first-order valence-electron chi connectivity index (χ1n) is 8.35. The highest BCUT2D eigenvalue weighted by Crippen LogP contribution is 2.35. The third-order valence-corrected chi connectivity index (χ3v) is 4.41. The zero-order valence-corrected chi connectivity index (χ0v) is 13.8. The van der Waals surface area contributed by atoms with E-state index < -0.39 is 0 Å². The molecule has 1 aliphatic rings. The van der Waals surface area contributed by atoms with Crippen LogP contribution in [0.2, 0.25) is 0 Å². The number of rotatable bonds is 8. The summed E-state index contributed by atoms with van der Waals surface area (Å²) in [5.41, 5.74) is 1.15. The van der Waals surface area contributed by atoms with Gasteiger partial charge in [-0.05, 0) is 24.1 Å². The number of unbranched alkanes of at least 4 members (excludes halogenated alkanes) is 5. The summed E-state index contributed by atoms with van der Waals surface area (Å²) >= 11 is 6.53. The van der Waals surface area contributed by atoms with Crippen molar-refractivity contribution in [2.75, 3.05) is 13.2 Å². The monoisotopic (exact) mass is 310 g/mol. The van der Waals surface area contributed by atoms with Gasteiger partial charge in [0.1, 0.15) is 0 Å². The molecule has 1 aromatic rings. The van der Waals surface area contributed by atoms with E-state index in [4.69, 9.17) is 21.1 Å². The molecule has 0 N–H and O–H groups in total. The van der Waals surface area contributed by atoms with E-state index in [0.717, 1.165) is 43.1 Å². The molecule has 0 spiro atoms. The molecule has 0 amide bonds. The van der Waals surface area contributed by atoms with Crippen molar-refractivity contribution in [1.82, 2.24) is 0 Å². The van der Waals surface area contributed by atoms with Gasteiger partial charge in [0.05, 0.1) is 18.6 Å². The average molecular weight is 311 g/mol. The van der Waals surface area contributed by atoms with Gasteiger partial charge in [-0.15, -0.1) is 11.6 Å². The summed E-state index contributed by atoms with van der Waals surface area (Å²) in [6.07, 6.45) is 9.80. The van der Waals surface area contributed by atoms with Gasteiger partial charge in [-0.1, -0.05) is 51.5 Å². The van der Waals surface area contributed by atoms with Crippen molar-refractivity contribution in [2.45, 2.75) is 63.7 Å². The van der Waals surface area contributed by atoms with Crippen molar-refractivity contribution in [3.63, 3.8) is 0 Å². The lowest BCUT2D eigenvalue weighted by molar-refractivity contribution is 0.297. The van der Waals surface area contributed by atoms with Crippen LogP contribution in [0.15, 0.2) is 18.2 Å². The van der Waals surface area contributed by atoms with Gasteiger partial charge in [-0.2, -0.15) is 0 Å². The highest BCUT2D eigenvalue weighted by atomic mass is 35.5. The fourth-order valence-corrected chi connectivity index (χ4v) is 2.94. The highest BCUT2D eigenvalue weighted by Gasteiger charge is 2.14. The van der Waals surface area contributed by atoms with Gasteiger partial charge < -0.3 is 9.47 Å². The van der Waals surface area contributed by atoms with Crippen LogP contribution in [-0.2, 0) is 0 Å². The maximum atomic E-state index is 6.53. The van der Waals surface area contributed by atoms with Gasteiger partial charge in [0.25, 0.3) is 0 Å². The third kappa shape index (κ3) is 5.43. The van der Waals surface area contributed by atoms with Gasteiger partial charge >= 0.3 is 0 Å². The van der Waals surface area contributed by atoms with Crippen molar-refractivity contribution in [2.24, 2.45) is 0 Å². The molecule has 0 radical (unpaired) electrons. The van der Waals surface area contributed by atoms with Crippen LogP contribution in [0.3, 0.4) is 0 Å². The first kappa shape index (κ1) is 16.5. The summed E-state index contributed by atoms with van der Waals surface area (Å²) in [5, 5.41) is 0.0772.